The number of para-hydroxylation sites is 1. The Morgan fingerprint density at radius 2 is 1.73 bits per heavy atom. The molecule has 6 heteroatoms. The van der Waals surface area contributed by atoms with Gasteiger partial charge in [0.25, 0.3) is 0 Å². The lowest BCUT2D eigenvalue weighted by Crippen LogP contribution is -2.26. The Kier molecular flexibility index (Phi) is 5.93. The molecule has 1 aliphatic heterocycles. The molecule has 37 heavy (non-hydrogen) atoms. The van der Waals surface area contributed by atoms with Crippen molar-refractivity contribution in [3.63, 3.8) is 0 Å². The molecule has 0 saturated carbocycles. The summed E-state index contributed by atoms with van der Waals surface area (Å²) in [5, 5.41) is 0.731. The molecule has 0 amide bonds. The second kappa shape index (κ2) is 9.54. The van der Waals surface area contributed by atoms with Gasteiger partial charge in [-0.2, -0.15) is 0 Å². The molecule has 0 saturated heterocycles. The number of Topliss-reactive ketones (excluding diaryl/α,β-unsaturated/α-hetero) is 1. The summed E-state index contributed by atoms with van der Waals surface area (Å²) in [6.45, 7) is 1.84. The lowest BCUT2D eigenvalue weighted by Gasteiger charge is -2.23. The Morgan fingerprint density at radius 3 is 2.59 bits per heavy atom. The first kappa shape index (κ1) is 23.0. The van der Waals surface area contributed by atoms with E-state index in [9.17, 15) is 9.59 Å². The van der Waals surface area contributed by atoms with Gasteiger partial charge in [0.2, 0.25) is 12.6 Å². The number of hydrogen-bond donors (Lipinski definition) is 0. The highest BCUT2D eigenvalue weighted by molar-refractivity contribution is 6.08. The summed E-state index contributed by atoms with van der Waals surface area (Å²) in [4.78, 5) is 31.5. The zero-order valence-electron chi connectivity index (χ0n) is 20.4. The summed E-state index contributed by atoms with van der Waals surface area (Å²) in [6.07, 6.45) is 3.60. The molecule has 0 spiro atoms. The molecule has 1 unspecified atom stereocenters. The average molecular weight is 492 g/mol. The molecule has 6 nitrogen and oxygen atoms in total. The van der Waals surface area contributed by atoms with Crippen molar-refractivity contribution in [1.82, 2.24) is 4.98 Å². The van der Waals surface area contributed by atoms with Gasteiger partial charge >= 0.3 is 5.97 Å². The van der Waals surface area contributed by atoms with Crippen molar-refractivity contribution in [2.75, 3.05) is 6.79 Å². The topological polar surface area (TPSA) is 74.7 Å². The number of rotatable bonds is 5. The van der Waals surface area contributed by atoms with Crippen LogP contribution in [0.1, 0.15) is 57.3 Å². The smallest absolute Gasteiger partial charge is 0.339 e. The number of fused-ring (bicyclic) bond motifs is 3. The van der Waals surface area contributed by atoms with E-state index in [1.54, 1.807) is 31.2 Å². The lowest BCUT2D eigenvalue weighted by molar-refractivity contribution is 0.0319. The van der Waals surface area contributed by atoms with Crippen LogP contribution in [0.15, 0.2) is 72.8 Å². The highest BCUT2D eigenvalue weighted by Crippen LogP contribution is 2.38. The molecule has 184 valence electrons. The number of allylic oxidation sites excluding steroid dienone is 1. The van der Waals surface area contributed by atoms with Gasteiger partial charge in [0, 0.05) is 10.9 Å². The summed E-state index contributed by atoms with van der Waals surface area (Å²) in [5.74, 6) is 0.721. The third-order valence-corrected chi connectivity index (χ3v) is 6.82. The van der Waals surface area contributed by atoms with Gasteiger partial charge in [-0.3, -0.25) is 4.79 Å². The molecule has 4 aromatic rings. The van der Waals surface area contributed by atoms with Crippen LogP contribution < -0.4 is 9.47 Å². The maximum absolute atomic E-state index is 13.6. The Morgan fingerprint density at radius 1 is 0.946 bits per heavy atom. The summed E-state index contributed by atoms with van der Waals surface area (Å²) in [5.41, 5.74) is 5.41. The number of carbonyl (C=O) groups is 2. The van der Waals surface area contributed by atoms with Gasteiger partial charge < -0.3 is 14.2 Å². The van der Waals surface area contributed by atoms with E-state index in [1.165, 1.54) is 0 Å². The third kappa shape index (κ3) is 4.35. The standard InChI is InChI=1S/C31H25NO5/c1-19(30(33)21-8-3-2-4-9-21)37-31(34)28-23-11-5-6-13-25(23)32-29-22(10-7-12-24(28)29)16-20-14-15-26-27(17-20)36-18-35-26/h2-6,8-9,11,13-17,19H,7,10,12,18H2,1H3. The molecule has 3 aromatic carbocycles. The Balaban J connectivity index is 1.40. The Bertz CT molecular complexity index is 1560. The van der Waals surface area contributed by atoms with E-state index >= 15 is 0 Å². The van der Waals surface area contributed by atoms with E-state index in [0.29, 0.717) is 23.1 Å². The number of hydrogen-bond acceptors (Lipinski definition) is 6. The first-order valence-corrected chi connectivity index (χ1v) is 12.4. The zero-order chi connectivity index (χ0) is 25.4. The van der Waals surface area contributed by atoms with E-state index in [4.69, 9.17) is 19.2 Å². The van der Waals surface area contributed by atoms with Gasteiger partial charge in [0.05, 0.1) is 16.8 Å². The molecule has 1 aliphatic carbocycles. The fraction of sp³-hybridized carbons (Fsp3) is 0.194. The third-order valence-electron chi connectivity index (χ3n) is 6.82. The van der Waals surface area contributed by atoms with E-state index in [-0.39, 0.29) is 12.6 Å². The molecule has 6 rings (SSSR count). The molecule has 0 N–H and O–H groups in total. The van der Waals surface area contributed by atoms with Gasteiger partial charge in [-0.05, 0) is 67.2 Å². The predicted octanol–water partition coefficient (Wildman–Crippen LogP) is 6.27. The van der Waals surface area contributed by atoms with Crippen LogP contribution in [0.3, 0.4) is 0 Å². The maximum atomic E-state index is 13.6. The van der Waals surface area contributed by atoms with Crippen LogP contribution in [0.2, 0.25) is 0 Å². The molecule has 0 fully saturated rings. The molecular formula is C31H25NO5. The number of ether oxygens (including phenoxy) is 3. The molecule has 1 aromatic heterocycles. The monoisotopic (exact) mass is 491 g/mol. The second-order valence-electron chi connectivity index (χ2n) is 9.24. The van der Waals surface area contributed by atoms with E-state index in [1.807, 2.05) is 48.5 Å². The van der Waals surface area contributed by atoms with Gasteiger partial charge in [0.1, 0.15) is 0 Å². The summed E-state index contributed by atoms with van der Waals surface area (Å²) < 4.78 is 16.7. The van der Waals surface area contributed by atoms with Crippen LogP contribution in [0.25, 0.3) is 22.6 Å². The summed E-state index contributed by atoms with van der Waals surface area (Å²) >= 11 is 0. The van der Waals surface area contributed by atoms with Crippen molar-refractivity contribution in [3.8, 4) is 11.5 Å². The van der Waals surface area contributed by atoms with Crippen molar-refractivity contribution < 1.29 is 23.8 Å². The summed E-state index contributed by atoms with van der Waals surface area (Å²) in [6, 6.07) is 22.3. The van der Waals surface area contributed by atoms with Crippen LogP contribution in [0.5, 0.6) is 11.5 Å². The van der Waals surface area contributed by atoms with Crippen LogP contribution in [-0.2, 0) is 11.2 Å². The highest BCUT2D eigenvalue weighted by Gasteiger charge is 2.28. The van der Waals surface area contributed by atoms with Gasteiger partial charge in [-0.1, -0.05) is 54.6 Å². The molecule has 2 aliphatic rings. The van der Waals surface area contributed by atoms with Crippen molar-refractivity contribution >= 4 is 34.3 Å². The van der Waals surface area contributed by atoms with Gasteiger partial charge in [-0.15, -0.1) is 0 Å². The average Bonchev–Trinajstić information content (AvgIpc) is 3.40. The minimum atomic E-state index is -0.912. The molecule has 2 heterocycles. The zero-order valence-corrected chi connectivity index (χ0v) is 20.4. The van der Waals surface area contributed by atoms with E-state index in [0.717, 1.165) is 52.1 Å². The summed E-state index contributed by atoms with van der Waals surface area (Å²) in [7, 11) is 0. The van der Waals surface area contributed by atoms with Gasteiger partial charge in [-0.25, -0.2) is 9.78 Å². The molecule has 0 bridgehead atoms. The number of carbonyl (C=O) groups excluding carboxylic acids is 2. The number of benzene rings is 3. The molecular weight excluding hydrogens is 466 g/mol. The largest absolute Gasteiger partial charge is 0.454 e. The fourth-order valence-electron chi connectivity index (χ4n) is 5.02. The van der Waals surface area contributed by atoms with Crippen LogP contribution in [0, 0.1) is 0 Å². The number of ketones is 1. The first-order chi connectivity index (χ1) is 18.1. The minimum absolute atomic E-state index is 0.225. The quantitative estimate of drug-likeness (QED) is 0.242. The SMILES string of the molecule is CC(OC(=O)c1c2c(nc3ccccc13)C(=Cc1ccc3c(c1)OCO3)CCC2)C(=O)c1ccccc1. The van der Waals surface area contributed by atoms with Crippen molar-refractivity contribution in [1.29, 1.82) is 0 Å². The highest BCUT2D eigenvalue weighted by atomic mass is 16.7. The van der Waals surface area contributed by atoms with Crippen molar-refractivity contribution in [2.24, 2.45) is 0 Å². The van der Waals surface area contributed by atoms with Gasteiger partial charge in [0.15, 0.2) is 17.6 Å². The lowest BCUT2D eigenvalue weighted by atomic mass is 9.86. The minimum Gasteiger partial charge on any atom is -0.454 e. The van der Waals surface area contributed by atoms with E-state index in [2.05, 4.69) is 6.08 Å². The van der Waals surface area contributed by atoms with Crippen LogP contribution in [0.4, 0.5) is 0 Å². The molecule has 0 radical (unpaired) electrons. The normalized spacial score (nSPS) is 15.9. The second-order valence-corrected chi connectivity index (χ2v) is 9.24. The predicted molar refractivity (Wildman–Crippen MR) is 141 cm³/mol. The first-order valence-electron chi connectivity index (χ1n) is 12.4. The van der Waals surface area contributed by atoms with E-state index < -0.39 is 12.1 Å². The molecule has 1 atom stereocenters. The number of esters is 1. The van der Waals surface area contributed by atoms with Crippen molar-refractivity contribution in [3.05, 3.63) is 101 Å². The number of nitrogens with zero attached hydrogens (tertiary/aromatic N) is 1. The number of pyridine rings is 1. The maximum Gasteiger partial charge on any atom is 0.339 e. The number of aromatic nitrogens is 1. The Labute approximate surface area is 214 Å². The van der Waals surface area contributed by atoms with Crippen LogP contribution in [-0.4, -0.2) is 29.6 Å². The van der Waals surface area contributed by atoms with Crippen molar-refractivity contribution in [2.45, 2.75) is 32.3 Å². The fourth-order valence-corrected chi connectivity index (χ4v) is 5.02. The van der Waals surface area contributed by atoms with Crippen LogP contribution >= 0.6 is 0 Å². The Hall–Kier alpha value is -4.45.